The summed E-state index contributed by atoms with van der Waals surface area (Å²) in [6, 6.07) is 15.0. The summed E-state index contributed by atoms with van der Waals surface area (Å²) in [6.07, 6.45) is 0.292. The lowest BCUT2D eigenvalue weighted by Gasteiger charge is -2.30. The minimum atomic E-state index is -1.60. The second-order valence-electron chi connectivity index (χ2n) is 7.67. The molecule has 5 rings (SSSR count). The van der Waals surface area contributed by atoms with E-state index in [1.54, 1.807) is 6.07 Å². The third-order valence-electron chi connectivity index (χ3n) is 5.88. The number of anilines is 1. The van der Waals surface area contributed by atoms with Crippen molar-refractivity contribution in [2.75, 3.05) is 11.4 Å². The SMILES string of the molecule is Cc1cc2c(cc1C)C(=O)C1(O)CCN(c3ccc4nc(C#N)ccc4c3)C1=N2. The maximum atomic E-state index is 13.1. The molecule has 6 nitrogen and oxygen atoms in total. The summed E-state index contributed by atoms with van der Waals surface area (Å²) < 4.78 is 0. The molecule has 1 saturated heterocycles. The average molecular weight is 382 g/mol. The first kappa shape index (κ1) is 17.5. The minimum absolute atomic E-state index is 0.288. The van der Waals surface area contributed by atoms with Crippen molar-refractivity contribution in [2.24, 2.45) is 4.99 Å². The zero-order chi connectivity index (χ0) is 20.3. The first-order chi connectivity index (χ1) is 13.9. The summed E-state index contributed by atoms with van der Waals surface area (Å²) in [5, 5.41) is 21.1. The fraction of sp³-hybridized carbons (Fsp3) is 0.217. The monoisotopic (exact) mass is 382 g/mol. The Kier molecular flexibility index (Phi) is 3.61. The normalized spacial score (nSPS) is 20.3. The third kappa shape index (κ3) is 2.48. The lowest BCUT2D eigenvalue weighted by molar-refractivity contribution is 0.0602. The van der Waals surface area contributed by atoms with Crippen LogP contribution in [0, 0.1) is 25.2 Å². The first-order valence-electron chi connectivity index (χ1n) is 9.47. The molecule has 1 N–H and O–H groups in total. The van der Waals surface area contributed by atoms with Crippen molar-refractivity contribution in [2.45, 2.75) is 25.9 Å². The molecule has 0 bridgehead atoms. The molecule has 3 aromatic rings. The number of carbonyl (C=O) groups excluding carboxylic acids is 1. The number of fused-ring (bicyclic) bond motifs is 3. The molecule has 2 aliphatic heterocycles. The van der Waals surface area contributed by atoms with Crippen molar-refractivity contribution in [1.29, 1.82) is 5.26 Å². The number of benzene rings is 2. The number of Topliss-reactive ketones (excluding diaryl/α,β-unsaturated/α-hetero) is 1. The molecular weight excluding hydrogens is 364 g/mol. The highest BCUT2D eigenvalue weighted by atomic mass is 16.3. The second kappa shape index (κ2) is 5.97. The van der Waals surface area contributed by atoms with Crippen LogP contribution in [0.5, 0.6) is 0 Å². The number of hydrogen-bond acceptors (Lipinski definition) is 6. The summed E-state index contributed by atoms with van der Waals surface area (Å²) >= 11 is 0. The molecule has 1 unspecified atom stereocenters. The number of ketones is 1. The van der Waals surface area contributed by atoms with E-state index < -0.39 is 5.60 Å². The topological polar surface area (TPSA) is 89.6 Å². The van der Waals surface area contributed by atoms with Gasteiger partial charge in [0.15, 0.2) is 5.60 Å². The van der Waals surface area contributed by atoms with Crippen LogP contribution in [0.2, 0.25) is 0 Å². The number of aliphatic imine (C=N–C) groups is 1. The van der Waals surface area contributed by atoms with Gasteiger partial charge in [-0.1, -0.05) is 0 Å². The van der Waals surface area contributed by atoms with Crippen molar-refractivity contribution in [3.63, 3.8) is 0 Å². The Morgan fingerprint density at radius 2 is 1.93 bits per heavy atom. The molecule has 0 amide bonds. The molecule has 142 valence electrons. The standard InChI is InChI=1S/C23H18N4O2/c1-13-9-18-20(10-14(13)2)26-22-23(29,21(18)28)7-8-27(22)17-5-6-19-15(11-17)3-4-16(12-24)25-19/h3-6,9-11,29H,7-8H2,1-2H3. The summed E-state index contributed by atoms with van der Waals surface area (Å²) in [7, 11) is 0. The van der Waals surface area contributed by atoms with Crippen LogP contribution in [0.3, 0.4) is 0 Å². The molecule has 2 aromatic carbocycles. The molecule has 0 saturated carbocycles. The highest BCUT2D eigenvalue weighted by Crippen LogP contribution is 2.40. The zero-order valence-electron chi connectivity index (χ0n) is 16.1. The van der Waals surface area contributed by atoms with E-state index in [4.69, 9.17) is 10.3 Å². The number of pyridine rings is 1. The number of aryl methyl sites for hydroxylation is 2. The molecule has 1 atom stereocenters. The van der Waals surface area contributed by atoms with E-state index in [0.29, 0.717) is 35.7 Å². The van der Waals surface area contributed by atoms with Gasteiger partial charge in [0.25, 0.3) is 0 Å². The lowest BCUT2D eigenvalue weighted by atomic mass is 9.86. The Hall–Kier alpha value is -3.56. The van der Waals surface area contributed by atoms with Gasteiger partial charge in [-0.2, -0.15) is 5.26 Å². The predicted octanol–water partition coefficient (Wildman–Crippen LogP) is 3.59. The van der Waals surface area contributed by atoms with Gasteiger partial charge in [0.2, 0.25) is 5.78 Å². The van der Waals surface area contributed by atoms with Crippen LogP contribution in [0.15, 0.2) is 47.5 Å². The van der Waals surface area contributed by atoms with Gasteiger partial charge in [-0.3, -0.25) is 4.79 Å². The van der Waals surface area contributed by atoms with Crippen molar-refractivity contribution >= 4 is 33.9 Å². The summed E-state index contributed by atoms with van der Waals surface area (Å²) in [5.74, 6) is 0.0865. The van der Waals surface area contributed by atoms with Gasteiger partial charge in [-0.05, 0) is 67.4 Å². The van der Waals surface area contributed by atoms with Crippen molar-refractivity contribution < 1.29 is 9.90 Å². The Labute approximate surface area is 167 Å². The van der Waals surface area contributed by atoms with Crippen LogP contribution in [0.4, 0.5) is 11.4 Å². The summed E-state index contributed by atoms with van der Waals surface area (Å²) in [4.78, 5) is 24.1. The van der Waals surface area contributed by atoms with Crippen LogP contribution in [0.25, 0.3) is 10.9 Å². The fourth-order valence-corrected chi connectivity index (χ4v) is 4.09. The number of rotatable bonds is 1. The van der Waals surface area contributed by atoms with Crippen LogP contribution in [-0.2, 0) is 0 Å². The van der Waals surface area contributed by atoms with Crippen molar-refractivity contribution in [3.05, 3.63) is 64.8 Å². The van der Waals surface area contributed by atoms with E-state index in [9.17, 15) is 9.90 Å². The van der Waals surface area contributed by atoms with E-state index >= 15 is 0 Å². The first-order valence-corrected chi connectivity index (χ1v) is 9.47. The van der Waals surface area contributed by atoms with Crippen LogP contribution >= 0.6 is 0 Å². The van der Waals surface area contributed by atoms with E-state index in [1.807, 2.05) is 61.2 Å². The summed E-state index contributed by atoms with van der Waals surface area (Å²) in [6.45, 7) is 4.43. The second-order valence-corrected chi connectivity index (χ2v) is 7.67. The van der Waals surface area contributed by atoms with Gasteiger partial charge < -0.3 is 10.0 Å². The molecule has 0 aliphatic carbocycles. The Balaban J connectivity index is 1.63. The Bertz CT molecular complexity index is 1290. The van der Waals surface area contributed by atoms with Crippen LogP contribution in [-0.4, -0.2) is 33.9 Å². The van der Waals surface area contributed by atoms with E-state index in [1.165, 1.54) is 0 Å². The largest absolute Gasteiger partial charge is 0.374 e. The predicted molar refractivity (Wildman–Crippen MR) is 111 cm³/mol. The lowest BCUT2D eigenvalue weighted by Crippen LogP contribution is -2.48. The number of aliphatic hydroxyl groups is 1. The maximum Gasteiger partial charge on any atom is 0.204 e. The smallest absolute Gasteiger partial charge is 0.204 e. The number of amidine groups is 1. The molecule has 0 spiro atoms. The number of nitrogens with zero attached hydrogens (tertiary/aromatic N) is 4. The van der Waals surface area contributed by atoms with Crippen molar-refractivity contribution in [3.8, 4) is 6.07 Å². The summed E-state index contributed by atoms with van der Waals surface area (Å²) in [5.41, 5.74) is 3.46. The Morgan fingerprint density at radius 1 is 1.14 bits per heavy atom. The molecule has 29 heavy (non-hydrogen) atoms. The van der Waals surface area contributed by atoms with Gasteiger partial charge in [-0.15, -0.1) is 0 Å². The van der Waals surface area contributed by atoms with Gasteiger partial charge >= 0.3 is 0 Å². The molecular formula is C23H18N4O2. The Morgan fingerprint density at radius 3 is 2.72 bits per heavy atom. The zero-order valence-corrected chi connectivity index (χ0v) is 16.1. The van der Waals surface area contributed by atoms with E-state index in [2.05, 4.69) is 4.98 Å². The highest BCUT2D eigenvalue weighted by Gasteiger charge is 2.52. The van der Waals surface area contributed by atoms with Gasteiger partial charge in [0.1, 0.15) is 17.6 Å². The van der Waals surface area contributed by atoms with E-state index in [-0.39, 0.29) is 5.78 Å². The number of hydrogen-bond donors (Lipinski definition) is 1. The van der Waals surface area contributed by atoms with Gasteiger partial charge in [0.05, 0.1) is 11.2 Å². The molecule has 2 aliphatic rings. The highest BCUT2D eigenvalue weighted by molar-refractivity contribution is 6.28. The maximum absolute atomic E-state index is 13.1. The van der Waals surface area contributed by atoms with Crippen LogP contribution < -0.4 is 4.90 Å². The molecule has 3 heterocycles. The molecule has 1 fully saturated rings. The molecule has 1 aromatic heterocycles. The quantitative estimate of drug-likeness (QED) is 0.695. The number of carbonyl (C=O) groups is 1. The number of nitriles is 1. The average Bonchev–Trinajstić information content (AvgIpc) is 3.07. The third-order valence-corrected chi connectivity index (χ3v) is 5.88. The van der Waals surface area contributed by atoms with Gasteiger partial charge in [0, 0.05) is 29.6 Å². The molecule has 6 heteroatoms. The minimum Gasteiger partial charge on any atom is -0.374 e. The van der Waals surface area contributed by atoms with Gasteiger partial charge in [-0.25, -0.2) is 9.98 Å². The van der Waals surface area contributed by atoms with E-state index in [0.717, 1.165) is 27.7 Å². The fourth-order valence-electron chi connectivity index (χ4n) is 4.09. The molecule has 0 radical (unpaired) electrons. The van der Waals surface area contributed by atoms with Crippen molar-refractivity contribution in [1.82, 2.24) is 4.98 Å². The van der Waals surface area contributed by atoms with Crippen LogP contribution in [0.1, 0.15) is 33.6 Å². The number of aromatic nitrogens is 1.